The van der Waals surface area contributed by atoms with E-state index in [4.69, 9.17) is 0 Å². The molecule has 3 atom stereocenters. The van der Waals surface area contributed by atoms with Crippen LogP contribution in [0.1, 0.15) is 36.8 Å². The third-order valence-corrected chi connectivity index (χ3v) is 12.1. The molecular weight excluding hydrogens is 539 g/mol. The molecule has 43 heavy (non-hydrogen) atoms. The van der Waals surface area contributed by atoms with Gasteiger partial charge in [-0.3, -0.25) is 0 Å². The maximum absolute atomic E-state index is 2.59. The van der Waals surface area contributed by atoms with Gasteiger partial charge in [-0.05, 0) is 95.1 Å². The Bertz CT molecular complexity index is 2240. The van der Waals surface area contributed by atoms with Crippen LogP contribution >= 0.6 is 11.3 Å². The molecule has 1 aromatic heterocycles. The molecule has 1 nitrogen and oxygen atoms in total. The molecule has 3 aliphatic rings. The summed E-state index contributed by atoms with van der Waals surface area (Å²) in [6.07, 6.45) is 5.43. The van der Waals surface area contributed by atoms with Crippen LogP contribution in [-0.2, 0) is 5.41 Å². The molecule has 6 aromatic carbocycles. The highest BCUT2D eigenvalue weighted by Gasteiger charge is 2.56. The number of anilines is 3. The molecule has 7 aromatic rings. The molecule has 2 bridgehead atoms. The molecule has 2 heteroatoms. The summed E-state index contributed by atoms with van der Waals surface area (Å²) in [5.74, 6) is 1.60. The molecule has 3 unspecified atom stereocenters. The Morgan fingerprint density at radius 1 is 0.605 bits per heavy atom. The number of benzene rings is 6. The second-order valence-corrected chi connectivity index (χ2v) is 14.0. The molecule has 2 fully saturated rings. The first-order valence-electron chi connectivity index (χ1n) is 15.7. The fourth-order valence-corrected chi connectivity index (χ4v) is 10.4. The third kappa shape index (κ3) is 3.22. The van der Waals surface area contributed by atoms with E-state index in [-0.39, 0.29) is 5.41 Å². The molecule has 1 heterocycles. The van der Waals surface area contributed by atoms with Gasteiger partial charge in [0.25, 0.3) is 0 Å². The molecule has 1 spiro atoms. The Labute approximate surface area is 256 Å². The van der Waals surface area contributed by atoms with E-state index in [1.165, 1.54) is 84.8 Å². The number of hydrogen-bond donors (Lipinski definition) is 0. The maximum Gasteiger partial charge on any atom is 0.0555 e. The average molecular weight is 570 g/mol. The van der Waals surface area contributed by atoms with Crippen molar-refractivity contribution in [1.29, 1.82) is 0 Å². The summed E-state index contributed by atoms with van der Waals surface area (Å²) in [5, 5.41) is 5.22. The lowest BCUT2D eigenvalue weighted by Gasteiger charge is -2.37. The molecule has 206 valence electrons. The van der Waals surface area contributed by atoms with Gasteiger partial charge >= 0.3 is 0 Å². The molecule has 0 N–H and O–H groups in total. The van der Waals surface area contributed by atoms with Crippen molar-refractivity contribution < 1.29 is 0 Å². The minimum absolute atomic E-state index is 0.149. The Balaban J connectivity index is 1.28. The molecule has 0 amide bonds. The molecule has 3 aliphatic carbocycles. The standard InChI is InChI=1S/C41H31NS/c1-2-11-30-27(9-1)10-7-15-36(30)42(37-16-8-18-39-40(37)33-13-4-6-17-38(33)43-39)29-21-22-32-31-12-3-5-14-34(31)41(35(32)24-29)25-26-19-20-28(41)23-26/h1-18,21-22,24,26,28H,19-20,23,25H2. The van der Waals surface area contributed by atoms with Crippen molar-refractivity contribution in [1.82, 2.24) is 0 Å². The highest BCUT2D eigenvalue weighted by molar-refractivity contribution is 7.26. The van der Waals surface area contributed by atoms with Gasteiger partial charge in [-0.2, -0.15) is 0 Å². The van der Waals surface area contributed by atoms with E-state index in [1.54, 1.807) is 11.1 Å². The van der Waals surface area contributed by atoms with E-state index >= 15 is 0 Å². The predicted octanol–water partition coefficient (Wildman–Crippen LogP) is 11.8. The van der Waals surface area contributed by atoms with Crippen molar-refractivity contribution in [2.75, 3.05) is 4.90 Å². The lowest BCUT2D eigenvalue weighted by molar-refractivity contribution is 0.327. The summed E-state index contributed by atoms with van der Waals surface area (Å²) in [7, 11) is 0. The zero-order valence-corrected chi connectivity index (χ0v) is 24.8. The minimum Gasteiger partial charge on any atom is -0.309 e. The van der Waals surface area contributed by atoms with Crippen LogP contribution in [0.5, 0.6) is 0 Å². The van der Waals surface area contributed by atoms with Crippen LogP contribution in [0.4, 0.5) is 17.1 Å². The highest BCUT2D eigenvalue weighted by atomic mass is 32.1. The average Bonchev–Trinajstić information content (AvgIpc) is 3.83. The van der Waals surface area contributed by atoms with E-state index in [1.807, 2.05) is 11.3 Å². The van der Waals surface area contributed by atoms with E-state index in [2.05, 4.69) is 132 Å². The molecular formula is C41H31NS. The highest BCUT2D eigenvalue weighted by Crippen LogP contribution is 2.66. The smallest absolute Gasteiger partial charge is 0.0555 e. The van der Waals surface area contributed by atoms with Crippen LogP contribution in [0.3, 0.4) is 0 Å². The van der Waals surface area contributed by atoms with Crippen LogP contribution < -0.4 is 4.90 Å². The van der Waals surface area contributed by atoms with Gasteiger partial charge in [0, 0.05) is 36.7 Å². The van der Waals surface area contributed by atoms with Gasteiger partial charge in [0.15, 0.2) is 0 Å². The quantitative estimate of drug-likeness (QED) is 0.205. The Morgan fingerprint density at radius 3 is 2.26 bits per heavy atom. The first kappa shape index (κ1) is 24.1. The number of fused-ring (bicyclic) bond motifs is 12. The van der Waals surface area contributed by atoms with Crippen molar-refractivity contribution in [3.8, 4) is 11.1 Å². The van der Waals surface area contributed by atoms with E-state index in [9.17, 15) is 0 Å². The summed E-state index contributed by atoms with van der Waals surface area (Å²) < 4.78 is 2.68. The van der Waals surface area contributed by atoms with Gasteiger partial charge in [-0.15, -0.1) is 11.3 Å². The largest absolute Gasteiger partial charge is 0.309 e. The van der Waals surface area contributed by atoms with Crippen LogP contribution in [0.15, 0.2) is 127 Å². The summed E-state index contributed by atoms with van der Waals surface area (Å²) >= 11 is 1.90. The molecule has 0 radical (unpaired) electrons. The van der Waals surface area contributed by atoms with Crippen LogP contribution in [0.25, 0.3) is 42.1 Å². The fourth-order valence-electron chi connectivity index (χ4n) is 9.27. The van der Waals surface area contributed by atoms with Gasteiger partial charge in [0.05, 0.1) is 11.4 Å². The van der Waals surface area contributed by atoms with Gasteiger partial charge in [-0.1, -0.05) is 97.4 Å². The van der Waals surface area contributed by atoms with Crippen molar-refractivity contribution in [3.63, 3.8) is 0 Å². The summed E-state index contributed by atoms with van der Waals surface area (Å²) in [4.78, 5) is 2.56. The van der Waals surface area contributed by atoms with Gasteiger partial charge in [-0.25, -0.2) is 0 Å². The topological polar surface area (TPSA) is 3.24 Å². The Morgan fingerprint density at radius 2 is 1.35 bits per heavy atom. The second kappa shape index (κ2) is 8.81. The molecule has 0 aliphatic heterocycles. The number of nitrogens with zero attached hydrogens (tertiary/aromatic N) is 1. The lowest BCUT2D eigenvalue weighted by Crippen LogP contribution is -2.32. The summed E-state index contributed by atoms with van der Waals surface area (Å²) in [6.45, 7) is 0. The predicted molar refractivity (Wildman–Crippen MR) is 183 cm³/mol. The van der Waals surface area contributed by atoms with Crippen LogP contribution in [0, 0.1) is 11.8 Å². The Hall–Kier alpha value is -4.40. The van der Waals surface area contributed by atoms with E-state index in [0.717, 1.165) is 11.8 Å². The monoisotopic (exact) mass is 569 g/mol. The SMILES string of the molecule is c1ccc2c(c1)-c1ccc(N(c3cccc4ccccc34)c3cccc4sc5ccccc5c34)cc1C21CC2CCC1C2. The van der Waals surface area contributed by atoms with Gasteiger partial charge in [0.1, 0.15) is 0 Å². The third-order valence-electron chi connectivity index (χ3n) is 10.9. The lowest BCUT2D eigenvalue weighted by atomic mass is 9.67. The first-order chi connectivity index (χ1) is 21.3. The fraction of sp³-hybridized carbons (Fsp3) is 0.171. The first-order valence-corrected chi connectivity index (χ1v) is 16.5. The van der Waals surface area contributed by atoms with Crippen LogP contribution in [0.2, 0.25) is 0 Å². The number of rotatable bonds is 3. The van der Waals surface area contributed by atoms with Crippen molar-refractivity contribution in [2.45, 2.75) is 31.1 Å². The van der Waals surface area contributed by atoms with Crippen molar-refractivity contribution >= 4 is 59.3 Å². The van der Waals surface area contributed by atoms with Crippen LogP contribution in [-0.4, -0.2) is 0 Å². The van der Waals surface area contributed by atoms with E-state index in [0.29, 0.717) is 0 Å². The van der Waals surface area contributed by atoms with Crippen molar-refractivity contribution in [3.05, 3.63) is 139 Å². The number of hydrogen-bond acceptors (Lipinski definition) is 2. The van der Waals surface area contributed by atoms with Gasteiger partial charge < -0.3 is 4.90 Å². The summed E-state index contributed by atoms with van der Waals surface area (Å²) in [6, 6.07) is 48.1. The molecule has 10 rings (SSSR count). The number of thiophene rings is 1. The second-order valence-electron chi connectivity index (χ2n) is 12.9. The molecule has 0 saturated heterocycles. The molecule has 2 saturated carbocycles. The minimum atomic E-state index is 0.149. The Kier molecular flexibility index (Phi) is 4.94. The normalized spacial score (nSPS) is 21.7. The van der Waals surface area contributed by atoms with Crippen molar-refractivity contribution in [2.24, 2.45) is 11.8 Å². The summed E-state index contributed by atoms with van der Waals surface area (Å²) in [5.41, 5.74) is 9.94. The van der Waals surface area contributed by atoms with Gasteiger partial charge in [0.2, 0.25) is 0 Å². The zero-order valence-electron chi connectivity index (χ0n) is 24.0. The zero-order chi connectivity index (χ0) is 28.1. The van der Waals surface area contributed by atoms with E-state index < -0.39 is 0 Å². The maximum atomic E-state index is 2.59.